The van der Waals surface area contributed by atoms with E-state index in [2.05, 4.69) is 20.8 Å². The van der Waals surface area contributed by atoms with Gasteiger partial charge < -0.3 is 14.6 Å². The van der Waals surface area contributed by atoms with Crippen LogP contribution in [0, 0.1) is 0 Å². The molecule has 0 aromatic heterocycles. The summed E-state index contributed by atoms with van der Waals surface area (Å²) < 4.78 is 11.0. The monoisotopic (exact) mass is 533 g/mol. The number of aliphatic hydroxyl groups excluding tert-OH is 1. The number of Topliss-reactive ketones (excluding diaryl/α,β-unsaturated/α-hetero) is 1. The zero-order valence-corrected chi connectivity index (χ0v) is 23.0. The molecule has 1 aliphatic heterocycles. The lowest BCUT2D eigenvalue weighted by molar-refractivity contribution is -0.132. The van der Waals surface area contributed by atoms with Gasteiger partial charge in [-0.2, -0.15) is 0 Å². The molecule has 1 heterocycles. The molecule has 0 saturated carbocycles. The van der Waals surface area contributed by atoms with Crippen LogP contribution in [0.1, 0.15) is 56.8 Å². The van der Waals surface area contributed by atoms with E-state index in [0.717, 1.165) is 12.0 Å². The molecule has 38 heavy (non-hydrogen) atoms. The Morgan fingerprint density at radius 2 is 1.74 bits per heavy atom. The van der Waals surface area contributed by atoms with Crippen molar-refractivity contribution in [2.75, 3.05) is 18.6 Å². The Labute approximate surface area is 228 Å². The number of anilines is 1. The molecule has 6 nitrogen and oxygen atoms in total. The van der Waals surface area contributed by atoms with E-state index in [1.165, 1.54) is 18.1 Å². The molecule has 198 valence electrons. The lowest BCUT2D eigenvalue weighted by atomic mass is 9.85. The van der Waals surface area contributed by atoms with Crippen LogP contribution in [0.5, 0.6) is 11.5 Å². The first-order valence-electron chi connectivity index (χ1n) is 12.5. The summed E-state index contributed by atoms with van der Waals surface area (Å²) in [5.41, 5.74) is 2.51. The number of benzene rings is 3. The molecule has 0 spiro atoms. The van der Waals surface area contributed by atoms with Crippen molar-refractivity contribution in [3.8, 4) is 11.5 Å². The lowest BCUT2D eigenvalue weighted by Crippen LogP contribution is -2.29. The smallest absolute Gasteiger partial charge is 0.300 e. The van der Waals surface area contributed by atoms with Crippen molar-refractivity contribution in [1.82, 2.24) is 0 Å². The molecule has 0 bridgehead atoms. The van der Waals surface area contributed by atoms with Gasteiger partial charge in [0.2, 0.25) is 0 Å². The topological polar surface area (TPSA) is 76.1 Å². The summed E-state index contributed by atoms with van der Waals surface area (Å²) >= 11 is 6.31. The number of rotatable bonds is 7. The third-order valence-electron chi connectivity index (χ3n) is 6.53. The third kappa shape index (κ3) is 5.27. The van der Waals surface area contributed by atoms with Gasteiger partial charge in [-0.25, -0.2) is 0 Å². The number of ketones is 1. The number of methoxy groups -OCH3 is 1. The number of ether oxygens (including phenoxy) is 2. The number of aliphatic hydroxyl groups is 1. The number of halogens is 1. The first kappa shape index (κ1) is 27.3. The summed E-state index contributed by atoms with van der Waals surface area (Å²) in [6.45, 7) is 8.88. The normalized spacial score (nSPS) is 17.1. The number of hydrogen-bond donors (Lipinski definition) is 1. The highest BCUT2D eigenvalue weighted by molar-refractivity contribution is 6.51. The van der Waals surface area contributed by atoms with E-state index in [4.69, 9.17) is 21.1 Å². The molecule has 1 fully saturated rings. The standard InChI is InChI=1S/C31H32ClNO5/c1-6-16-38-23-9-7-8-22(18-23)33-27(19-10-13-21(14-11-19)31(2,3)4)26(29(35)30(33)36)28(34)20-12-15-25(37-5)24(32)17-20/h7-15,17-18,27,34H,6,16H2,1-5H3/b28-26+. The van der Waals surface area contributed by atoms with Crippen molar-refractivity contribution in [3.63, 3.8) is 0 Å². The summed E-state index contributed by atoms with van der Waals surface area (Å²) in [6, 6.07) is 18.7. The van der Waals surface area contributed by atoms with Gasteiger partial charge in [-0.3, -0.25) is 14.5 Å². The number of hydrogen-bond acceptors (Lipinski definition) is 5. The van der Waals surface area contributed by atoms with E-state index >= 15 is 0 Å². The van der Waals surface area contributed by atoms with Gasteiger partial charge in [0.05, 0.1) is 30.4 Å². The van der Waals surface area contributed by atoms with Gasteiger partial charge in [-0.05, 0) is 53.3 Å². The zero-order chi connectivity index (χ0) is 27.6. The SMILES string of the molecule is CCCOc1cccc(N2C(=O)C(=O)/C(=C(/O)c3ccc(OC)c(Cl)c3)C2c2ccc(C(C)(C)C)cc2)c1. The molecule has 3 aromatic rings. The Kier molecular flexibility index (Phi) is 7.83. The zero-order valence-electron chi connectivity index (χ0n) is 22.2. The first-order valence-corrected chi connectivity index (χ1v) is 12.9. The van der Waals surface area contributed by atoms with Crippen molar-refractivity contribution >= 4 is 34.7 Å². The molecule has 1 amide bonds. The van der Waals surface area contributed by atoms with E-state index in [1.54, 1.807) is 30.3 Å². The number of nitrogens with zero attached hydrogens (tertiary/aromatic N) is 1. The quantitative estimate of drug-likeness (QED) is 0.200. The summed E-state index contributed by atoms with van der Waals surface area (Å²) in [5, 5.41) is 11.7. The molecule has 0 radical (unpaired) electrons. The molecular formula is C31H32ClNO5. The summed E-state index contributed by atoms with van der Waals surface area (Å²) in [7, 11) is 1.49. The second kappa shape index (κ2) is 10.9. The maximum atomic E-state index is 13.5. The molecular weight excluding hydrogens is 502 g/mol. The van der Waals surface area contributed by atoms with E-state index in [0.29, 0.717) is 34.9 Å². The molecule has 1 N–H and O–H groups in total. The second-order valence-corrected chi connectivity index (χ2v) is 10.6. The molecule has 7 heteroatoms. The highest BCUT2D eigenvalue weighted by Gasteiger charge is 2.47. The second-order valence-electron chi connectivity index (χ2n) is 10.2. The average molecular weight is 534 g/mol. The summed E-state index contributed by atoms with van der Waals surface area (Å²) in [4.78, 5) is 28.4. The van der Waals surface area contributed by atoms with E-state index in [-0.39, 0.29) is 21.8 Å². The van der Waals surface area contributed by atoms with Gasteiger partial charge in [0.25, 0.3) is 11.7 Å². The lowest BCUT2D eigenvalue weighted by Gasteiger charge is -2.27. The first-order chi connectivity index (χ1) is 18.1. The van der Waals surface area contributed by atoms with Crippen LogP contribution in [0.3, 0.4) is 0 Å². The predicted molar refractivity (Wildman–Crippen MR) is 150 cm³/mol. The van der Waals surface area contributed by atoms with Gasteiger partial charge in [0.1, 0.15) is 17.3 Å². The molecule has 3 aromatic carbocycles. The van der Waals surface area contributed by atoms with Crippen molar-refractivity contribution in [2.24, 2.45) is 0 Å². The van der Waals surface area contributed by atoms with Crippen LogP contribution in [-0.4, -0.2) is 30.5 Å². The minimum absolute atomic E-state index is 0.0142. The van der Waals surface area contributed by atoms with Gasteiger partial charge in [0, 0.05) is 17.3 Å². The minimum atomic E-state index is -0.855. The molecule has 1 unspecified atom stereocenters. The number of amides is 1. The Morgan fingerprint density at radius 3 is 2.34 bits per heavy atom. The predicted octanol–water partition coefficient (Wildman–Crippen LogP) is 7.06. The van der Waals surface area contributed by atoms with Crippen LogP contribution in [0.2, 0.25) is 5.02 Å². The van der Waals surface area contributed by atoms with Crippen LogP contribution in [0.4, 0.5) is 5.69 Å². The highest BCUT2D eigenvalue weighted by Crippen LogP contribution is 2.43. The van der Waals surface area contributed by atoms with Crippen molar-refractivity contribution < 1.29 is 24.2 Å². The fraction of sp³-hybridized carbons (Fsp3) is 0.290. The van der Waals surface area contributed by atoms with Crippen LogP contribution in [0.15, 0.2) is 72.3 Å². The van der Waals surface area contributed by atoms with Crippen molar-refractivity contribution in [1.29, 1.82) is 0 Å². The van der Waals surface area contributed by atoms with Gasteiger partial charge in [-0.15, -0.1) is 0 Å². The molecule has 0 aliphatic carbocycles. The summed E-state index contributed by atoms with van der Waals surface area (Å²) in [5.74, 6) is -0.793. The maximum absolute atomic E-state index is 13.5. The third-order valence-corrected chi connectivity index (χ3v) is 6.83. The summed E-state index contributed by atoms with van der Waals surface area (Å²) in [6.07, 6.45) is 0.833. The van der Waals surface area contributed by atoms with Crippen LogP contribution >= 0.6 is 11.6 Å². The molecule has 1 atom stereocenters. The molecule has 1 aliphatic rings. The number of carbonyl (C=O) groups is 2. The van der Waals surface area contributed by atoms with E-state index < -0.39 is 17.7 Å². The van der Waals surface area contributed by atoms with Gasteiger partial charge in [0.15, 0.2) is 0 Å². The minimum Gasteiger partial charge on any atom is -0.507 e. The largest absolute Gasteiger partial charge is 0.507 e. The fourth-order valence-corrected chi connectivity index (χ4v) is 4.75. The Hall–Kier alpha value is -3.77. The highest BCUT2D eigenvalue weighted by atomic mass is 35.5. The van der Waals surface area contributed by atoms with Crippen LogP contribution in [0.25, 0.3) is 5.76 Å². The van der Waals surface area contributed by atoms with E-state index in [9.17, 15) is 14.7 Å². The van der Waals surface area contributed by atoms with Crippen LogP contribution in [-0.2, 0) is 15.0 Å². The number of carbonyl (C=O) groups excluding carboxylic acids is 2. The van der Waals surface area contributed by atoms with Gasteiger partial charge >= 0.3 is 0 Å². The Bertz CT molecular complexity index is 1390. The van der Waals surface area contributed by atoms with Crippen molar-refractivity contribution in [2.45, 2.75) is 45.6 Å². The van der Waals surface area contributed by atoms with Crippen molar-refractivity contribution in [3.05, 3.63) is 94.0 Å². The maximum Gasteiger partial charge on any atom is 0.300 e. The van der Waals surface area contributed by atoms with E-state index in [1.807, 2.05) is 37.3 Å². The average Bonchev–Trinajstić information content (AvgIpc) is 3.16. The van der Waals surface area contributed by atoms with Crippen LogP contribution < -0.4 is 14.4 Å². The molecule has 4 rings (SSSR count). The Morgan fingerprint density at radius 1 is 1.03 bits per heavy atom. The van der Waals surface area contributed by atoms with Gasteiger partial charge in [-0.1, -0.05) is 69.6 Å². The molecule has 1 saturated heterocycles. The fourth-order valence-electron chi connectivity index (χ4n) is 4.49. The Balaban J connectivity index is 1.90.